The van der Waals surface area contributed by atoms with Crippen molar-refractivity contribution < 1.29 is 0 Å². The van der Waals surface area contributed by atoms with Crippen LogP contribution in [-0.2, 0) is 0 Å². The van der Waals surface area contributed by atoms with Crippen LogP contribution in [0.25, 0.3) is 0 Å². The van der Waals surface area contributed by atoms with Gasteiger partial charge in [0.2, 0.25) is 0 Å². The van der Waals surface area contributed by atoms with Crippen molar-refractivity contribution in [1.82, 2.24) is 10.3 Å². The molecule has 15 heavy (non-hydrogen) atoms. The average molecular weight is 245 g/mol. The molecule has 0 aliphatic heterocycles. The summed E-state index contributed by atoms with van der Waals surface area (Å²) < 4.78 is 0. The lowest BCUT2D eigenvalue weighted by atomic mass is 10.1. The first-order valence-corrected chi connectivity index (χ1v) is 6.85. The molecule has 0 fully saturated rings. The second kappa shape index (κ2) is 7.09. The van der Waals surface area contributed by atoms with Crippen LogP contribution < -0.4 is 5.32 Å². The SMILES string of the molecule is CSCCCNC(C)c1ccc(Cl)nc1. The number of nitrogens with one attached hydrogen (secondary N) is 1. The number of thioether (sulfide) groups is 1. The van der Waals surface area contributed by atoms with E-state index in [1.54, 1.807) is 0 Å². The summed E-state index contributed by atoms with van der Waals surface area (Å²) in [4.78, 5) is 4.07. The molecule has 0 saturated carbocycles. The topological polar surface area (TPSA) is 24.9 Å². The van der Waals surface area contributed by atoms with Crippen LogP contribution in [0.3, 0.4) is 0 Å². The van der Waals surface area contributed by atoms with Crippen LogP contribution in [0.15, 0.2) is 18.3 Å². The van der Waals surface area contributed by atoms with Crippen molar-refractivity contribution >= 4 is 23.4 Å². The maximum atomic E-state index is 5.73. The highest BCUT2D eigenvalue weighted by Crippen LogP contribution is 2.13. The van der Waals surface area contributed by atoms with Gasteiger partial charge in [-0.05, 0) is 43.5 Å². The van der Waals surface area contributed by atoms with Crippen LogP contribution in [0.5, 0.6) is 0 Å². The number of halogens is 1. The maximum absolute atomic E-state index is 5.73. The second-order valence-electron chi connectivity index (χ2n) is 3.44. The highest BCUT2D eigenvalue weighted by atomic mass is 35.5. The minimum absolute atomic E-state index is 0.344. The fourth-order valence-electron chi connectivity index (χ4n) is 1.30. The Hall–Kier alpha value is -0.250. The van der Waals surface area contributed by atoms with Gasteiger partial charge in [-0.3, -0.25) is 0 Å². The second-order valence-corrected chi connectivity index (χ2v) is 4.81. The molecule has 0 aromatic carbocycles. The summed E-state index contributed by atoms with van der Waals surface area (Å²) in [5.74, 6) is 1.21. The Morgan fingerprint density at radius 1 is 1.53 bits per heavy atom. The van der Waals surface area contributed by atoms with E-state index in [4.69, 9.17) is 11.6 Å². The largest absolute Gasteiger partial charge is 0.310 e. The van der Waals surface area contributed by atoms with Gasteiger partial charge < -0.3 is 5.32 Å². The van der Waals surface area contributed by atoms with Crippen molar-refractivity contribution in [1.29, 1.82) is 0 Å². The summed E-state index contributed by atoms with van der Waals surface area (Å²) in [6.45, 7) is 3.19. The predicted octanol–water partition coefficient (Wildman–Crippen LogP) is 3.14. The highest BCUT2D eigenvalue weighted by molar-refractivity contribution is 7.98. The van der Waals surface area contributed by atoms with Gasteiger partial charge in [0.05, 0.1) is 0 Å². The van der Waals surface area contributed by atoms with E-state index in [1.165, 1.54) is 17.7 Å². The van der Waals surface area contributed by atoms with E-state index in [-0.39, 0.29) is 0 Å². The van der Waals surface area contributed by atoms with E-state index < -0.39 is 0 Å². The van der Waals surface area contributed by atoms with Gasteiger partial charge in [0, 0.05) is 12.2 Å². The summed E-state index contributed by atoms with van der Waals surface area (Å²) in [7, 11) is 0. The molecule has 1 aromatic heterocycles. The minimum Gasteiger partial charge on any atom is -0.310 e. The zero-order chi connectivity index (χ0) is 11.1. The average Bonchev–Trinajstić information content (AvgIpc) is 2.25. The molecule has 84 valence electrons. The lowest BCUT2D eigenvalue weighted by Crippen LogP contribution is -2.20. The van der Waals surface area contributed by atoms with E-state index in [0.29, 0.717) is 11.2 Å². The fourth-order valence-corrected chi connectivity index (χ4v) is 1.84. The van der Waals surface area contributed by atoms with Gasteiger partial charge in [-0.2, -0.15) is 11.8 Å². The van der Waals surface area contributed by atoms with Crippen LogP contribution in [0.2, 0.25) is 5.15 Å². The van der Waals surface area contributed by atoms with Crippen molar-refractivity contribution in [3.8, 4) is 0 Å². The van der Waals surface area contributed by atoms with E-state index in [2.05, 4.69) is 23.5 Å². The van der Waals surface area contributed by atoms with Gasteiger partial charge in [0.1, 0.15) is 5.15 Å². The quantitative estimate of drug-likeness (QED) is 0.615. The van der Waals surface area contributed by atoms with Crippen LogP contribution in [0.4, 0.5) is 0 Å². The Balaban J connectivity index is 2.33. The first-order valence-electron chi connectivity index (χ1n) is 5.08. The summed E-state index contributed by atoms with van der Waals surface area (Å²) >= 11 is 7.61. The third-order valence-corrected chi connectivity index (χ3v) is 3.15. The monoisotopic (exact) mass is 244 g/mol. The number of nitrogens with zero attached hydrogens (tertiary/aromatic N) is 1. The van der Waals surface area contributed by atoms with Crippen molar-refractivity contribution in [3.05, 3.63) is 29.0 Å². The predicted molar refractivity (Wildman–Crippen MR) is 68.7 cm³/mol. The van der Waals surface area contributed by atoms with Crippen LogP contribution >= 0.6 is 23.4 Å². The molecule has 4 heteroatoms. The molecular weight excluding hydrogens is 228 g/mol. The molecule has 0 aliphatic rings. The molecule has 2 nitrogen and oxygen atoms in total. The molecule has 1 aromatic rings. The van der Waals surface area contributed by atoms with Gasteiger partial charge in [0.25, 0.3) is 0 Å². The van der Waals surface area contributed by atoms with Crippen molar-refractivity contribution in [2.24, 2.45) is 0 Å². The normalized spacial score (nSPS) is 12.7. The third kappa shape index (κ3) is 4.87. The first kappa shape index (κ1) is 12.8. The lowest BCUT2D eigenvalue weighted by Gasteiger charge is -2.13. The first-order chi connectivity index (χ1) is 7.24. The van der Waals surface area contributed by atoms with E-state index in [0.717, 1.165) is 6.54 Å². The summed E-state index contributed by atoms with van der Waals surface area (Å²) in [6, 6.07) is 4.19. The molecule has 0 spiro atoms. The molecule has 0 saturated heterocycles. The molecule has 0 aliphatic carbocycles. The Morgan fingerprint density at radius 3 is 2.93 bits per heavy atom. The van der Waals surface area contributed by atoms with Crippen LogP contribution in [0, 0.1) is 0 Å². The number of pyridine rings is 1. The molecule has 1 rings (SSSR count). The van der Waals surface area contributed by atoms with Gasteiger partial charge >= 0.3 is 0 Å². The molecule has 1 N–H and O–H groups in total. The van der Waals surface area contributed by atoms with Crippen molar-refractivity contribution in [2.75, 3.05) is 18.6 Å². The minimum atomic E-state index is 0.344. The molecule has 0 amide bonds. The molecule has 1 heterocycles. The van der Waals surface area contributed by atoms with Crippen LogP contribution in [-0.4, -0.2) is 23.5 Å². The summed E-state index contributed by atoms with van der Waals surface area (Å²) in [5.41, 5.74) is 1.18. The highest BCUT2D eigenvalue weighted by Gasteiger charge is 2.03. The van der Waals surface area contributed by atoms with E-state index in [9.17, 15) is 0 Å². The van der Waals surface area contributed by atoms with E-state index in [1.807, 2.05) is 30.1 Å². The molecule has 1 unspecified atom stereocenters. The molecule has 0 bridgehead atoms. The van der Waals surface area contributed by atoms with Gasteiger partial charge in [-0.1, -0.05) is 17.7 Å². The summed E-state index contributed by atoms with van der Waals surface area (Å²) in [5, 5.41) is 4.01. The number of rotatable bonds is 6. The smallest absolute Gasteiger partial charge is 0.129 e. The Kier molecular flexibility index (Phi) is 6.06. The maximum Gasteiger partial charge on any atom is 0.129 e. The lowest BCUT2D eigenvalue weighted by molar-refractivity contribution is 0.571. The van der Waals surface area contributed by atoms with E-state index >= 15 is 0 Å². The number of aromatic nitrogens is 1. The van der Waals surface area contributed by atoms with Gasteiger partial charge in [-0.25, -0.2) is 4.98 Å². The third-order valence-electron chi connectivity index (χ3n) is 2.23. The zero-order valence-electron chi connectivity index (χ0n) is 9.16. The van der Waals surface area contributed by atoms with Gasteiger partial charge in [0.15, 0.2) is 0 Å². The molecule has 1 atom stereocenters. The van der Waals surface area contributed by atoms with Crippen molar-refractivity contribution in [2.45, 2.75) is 19.4 Å². The Labute approximate surface area is 101 Å². The molecular formula is C11H17ClN2S. The number of hydrogen-bond acceptors (Lipinski definition) is 3. The number of hydrogen-bond donors (Lipinski definition) is 1. The fraction of sp³-hybridized carbons (Fsp3) is 0.545. The zero-order valence-corrected chi connectivity index (χ0v) is 10.7. The standard InChI is InChI=1S/C11H17ClN2S/c1-9(13-6-3-7-15-2)10-4-5-11(12)14-8-10/h4-5,8-9,13H,3,6-7H2,1-2H3. The van der Waals surface area contributed by atoms with Crippen LogP contribution in [0.1, 0.15) is 24.9 Å². The van der Waals surface area contributed by atoms with Gasteiger partial charge in [-0.15, -0.1) is 0 Å². The van der Waals surface area contributed by atoms with Crippen molar-refractivity contribution in [3.63, 3.8) is 0 Å². The Bertz CT molecular complexity index is 276. The Morgan fingerprint density at radius 2 is 2.33 bits per heavy atom. The summed E-state index contributed by atoms with van der Waals surface area (Å²) in [6.07, 6.45) is 5.16. The molecule has 0 radical (unpaired) electrons.